The van der Waals surface area contributed by atoms with Gasteiger partial charge in [0.25, 0.3) is 0 Å². The third-order valence-electron chi connectivity index (χ3n) is 4.49. The fraction of sp³-hybridized carbons (Fsp3) is 0.316. The van der Waals surface area contributed by atoms with Gasteiger partial charge in [0.15, 0.2) is 5.82 Å². The van der Waals surface area contributed by atoms with Crippen LogP contribution in [0.15, 0.2) is 36.7 Å². The molecule has 1 aliphatic rings. The minimum atomic E-state index is -0.201. The van der Waals surface area contributed by atoms with Crippen LogP contribution in [-0.4, -0.2) is 44.8 Å². The van der Waals surface area contributed by atoms with Crippen molar-refractivity contribution in [2.24, 2.45) is 5.92 Å². The van der Waals surface area contributed by atoms with Crippen molar-refractivity contribution < 1.29 is 14.3 Å². The van der Waals surface area contributed by atoms with Crippen LogP contribution in [0.3, 0.4) is 0 Å². The number of hydrogen-bond acceptors (Lipinski definition) is 6. The SMILES string of the molecule is CC(=O)Nc1cc2c(cn1)cnn2-c1cccc(NC(=O)C2CCCOC2)n1. The molecule has 1 fully saturated rings. The van der Waals surface area contributed by atoms with E-state index in [1.807, 2.05) is 0 Å². The third kappa shape index (κ3) is 3.84. The van der Waals surface area contributed by atoms with Crippen molar-refractivity contribution in [1.82, 2.24) is 19.7 Å². The number of amides is 2. The molecule has 1 unspecified atom stereocenters. The van der Waals surface area contributed by atoms with Gasteiger partial charge in [-0.15, -0.1) is 0 Å². The largest absolute Gasteiger partial charge is 0.381 e. The molecule has 144 valence electrons. The van der Waals surface area contributed by atoms with E-state index in [4.69, 9.17) is 4.74 Å². The number of anilines is 2. The molecule has 0 saturated carbocycles. The summed E-state index contributed by atoms with van der Waals surface area (Å²) < 4.78 is 7.02. The minimum absolute atomic E-state index is 0.0909. The van der Waals surface area contributed by atoms with Gasteiger partial charge in [-0.2, -0.15) is 5.10 Å². The lowest BCUT2D eigenvalue weighted by Gasteiger charge is -2.21. The van der Waals surface area contributed by atoms with Crippen molar-refractivity contribution in [3.63, 3.8) is 0 Å². The summed E-state index contributed by atoms with van der Waals surface area (Å²) >= 11 is 0. The van der Waals surface area contributed by atoms with Crippen molar-refractivity contribution in [2.75, 3.05) is 23.8 Å². The van der Waals surface area contributed by atoms with Crippen LogP contribution in [-0.2, 0) is 14.3 Å². The Hall–Kier alpha value is -3.33. The van der Waals surface area contributed by atoms with E-state index in [-0.39, 0.29) is 17.7 Å². The smallest absolute Gasteiger partial charge is 0.230 e. The van der Waals surface area contributed by atoms with E-state index in [0.29, 0.717) is 30.7 Å². The summed E-state index contributed by atoms with van der Waals surface area (Å²) in [6.07, 6.45) is 5.01. The minimum Gasteiger partial charge on any atom is -0.381 e. The summed E-state index contributed by atoms with van der Waals surface area (Å²) in [4.78, 5) is 32.4. The molecule has 1 atom stereocenters. The van der Waals surface area contributed by atoms with Crippen molar-refractivity contribution in [2.45, 2.75) is 19.8 Å². The highest BCUT2D eigenvalue weighted by molar-refractivity contribution is 5.92. The molecular weight excluding hydrogens is 360 g/mol. The van der Waals surface area contributed by atoms with E-state index >= 15 is 0 Å². The van der Waals surface area contributed by atoms with E-state index in [2.05, 4.69) is 25.7 Å². The number of nitrogens with zero attached hydrogens (tertiary/aromatic N) is 4. The van der Waals surface area contributed by atoms with E-state index in [1.54, 1.807) is 41.3 Å². The average Bonchev–Trinajstić information content (AvgIpc) is 3.11. The Morgan fingerprint density at radius 2 is 2.11 bits per heavy atom. The molecule has 0 bridgehead atoms. The van der Waals surface area contributed by atoms with Gasteiger partial charge in [-0.1, -0.05) is 6.07 Å². The molecule has 1 saturated heterocycles. The molecule has 9 nitrogen and oxygen atoms in total. The predicted octanol–water partition coefficient (Wildman–Crippen LogP) is 2.14. The molecule has 4 heterocycles. The number of carbonyl (C=O) groups is 2. The molecular formula is C19H20N6O3. The molecule has 3 aromatic heterocycles. The van der Waals surface area contributed by atoms with Crippen LogP contribution in [0.4, 0.5) is 11.6 Å². The van der Waals surface area contributed by atoms with Crippen LogP contribution < -0.4 is 10.6 Å². The standard InChI is InChI=1S/C19H20N6O3/c1-12(26)22-17-8-15-14(9-20-17)10-21-25(15)18-6-2-5-16(23-18)24-19(27)13-4-3-7-28-11-13/h2,5-6,8-10,13H,3-4,7,11H2,1H3,(H,20,22,26)(H,23,24,27). The first-order valence-electron chi connectivity index (χ1n) is 9.07. The Labute approximate surface area is 161 Å². The van der Waals surface area contributed by atoms with Crippen molar-refractivity contribution >= 4 is 34.4 Å². The summed E-state index contributed by atoms with van der Waals surface area (Å²) in [5, 5.41) is 10.7. The molecule has 9 heteroatoms. The van der Waals surface area contributed by atoms with Crippen LogP contribution in [0.2, 0.25) is 0 Å². The molecule has 0 spiro atoms. The lowest BCUT2D eigenvalue weighted by molar-refractivity contribution is -0.123. The number of fused-ring (bicyclic) bond motifs is 1. The number of nitrogens with one attached hydrogen (secondary N) is 2. The zero-order valence-corrected chi connectivity index (χ0v) is 15.4. The van der Waals surface area contributed by atoms with E-state index in [0.717, 1.165) is 23.7 Å². The summed E-state index contributed by atoms with van der Waals surface area (Å²) in [6, 6.07) is 7.07. The lowest BCUT2D eigenvalue weighted by Crippen LogP contribution is -2.30. The number of ether oxygens (including phenoxy) is 1. The lowest BCUT2D eigenvalue weighted by atomic mass is 10.0. The number of carbonyl (C=O) groups excluding carboxylic acids is 2. The van der Waals surface area contributed by atoms with Gasteiger partial charge in [0.2, 0.25) is 11.8 Å². The quantitative estimate of drug-likeness (QED) is 0.717. The van der Waals surface area contributed by atoms with Crippen molar-refractivity contribution in [3.05, 3.63) is 36.7 Å². The Balaban J connectivity index is 1.60. The Morgan fingerprint density at radius 1 is 1.21 bits per heavy atom. The summed E-state index contributed by atoms with van der Waals surface area (Å²) in [6.45, 7) is 2.57. The third-order valence-corrected chi connectivity index (χ3v) is 4.49. The van der Waals surface area contributed by atoms with Gasteiger partial charge in [-0.3, -0.25) is 9.59 Å². The number of aromatic nitrogens is 4. The Bertz CT molecular complexity index is 1030. The first-order valence-corrected chi connectivity index (χ1v) is 9.07. The fourth-order valence-corrected chi connectivity index (χ4v) is 3.14. The van der Waals surface area contributed by atoms with Gasteiger partial charge in [0.05, 0.1) is 24.2 Å². The number of rotatable bonds is 4. The molecule has 0 radical (unpaired) electrons. The maximum Gasteiger partial charge on any atom is 0.230 e. The highest BCUT2D eigenvalue weighted by Gasteiger charge is 2.22. The second kappa shape index (κ2) is 7.73. The molecule has 2 N–H and O–H groups in total. The zero-order chi connectivity index (χ0) is 19.5. The second-order valence-corrected chi connectivity index (χ2v) is 6.65. The topological polar surface area (TPSA) is 111 Å². The average molecular weight is 380 g/mol. The Morgan fingerprint density at radius 3 is 2.89 bits per heavy atom. The molecule has 2 amide bonds. The summed E-state index contributed by atoms with van der Waals surface area (Å²) in [5.74, 6) is 0.985. The van der Waals surface area contributed by atoms with Crippen molar-refractivity contribution in [3.8, 4) is 5.82 Å². The van der Waals surface area contributed by atoms with Crippen LogP contribution in [0.25, 0.3) is 16.7 Å². The number of hydrogen-bond donors (Lipinski definition) is 2. The second-order valence-electron chi connectivity index (χ2n) is 6.65. The van der Waals surface area contributed by atoms with E-state index in [1.165, 1.54) is 6.92 Å². The van der Waals surface area contributed by atoms with E-state index < -0.39 is 0 Å². The van der Waals surface area contributed by atoms with Crippen molar-refractivity contribution in [1.29, 1.82) is 0 Å². The van der Waals surface area contributed by atoms with E-state index in [9.17, 15) is 9.59 Å². The predicted molar refractivity (Wildman–Crippen MR) is 103 cm³/mol. The van der Waals surface area contributed by atoms with Crippen LogP contribution in [0, 0.1) is 5.92 Å². The molecule has 3 aromatic rings. The zero-order valence-electron chi connectivity index (χ0n) is 15.4. The van der Waals surface area contributed by atoms with Gasteiger partial charge in [-0.05, 0) is 25.0 Å². The molecule has 4 rings (SSSR count). The molecule has 0 aliphatic carbocycles. The highest BCUT2D eigenvalue weighted by Crippen LogP contribution is 2.21. The maximum atomic E-state index is 12.4. The normalized spacial score (nSPS) is 16.7. The fourth-order valence-electron chi connectivity index (χ4n) is 3.14. The first-order chi connectivity index (χ1) is 13.6. The molecule has 1 aliphatic heterocycles. The molecule has 0 aromatic carbocycles. The van der Waals surface area contributed by atoms with Gasteiger partial charge < -0.3 is 15.4 Å². The summed E-state index contributed by atoms with van der Waals surface area (Å²) in [7, 11) is 0. The maximum absolute atomic E-state index is 12.4. The summed E-state index contributed by atoms with van der Waals surface area (Å²) in [5.41, 5.74) is 0.746. The van der Waals surface area contributed by atoms with Crippen LogP contribution in [0.1, 0.15) is 19.8 Å². The van der Waals surface area contributed by atoms with Crippen LogP contribution in [0.5, 0.6) is 0 Å². The number of pyridine rings is 2. The first kappa shape index (κ1) is 18.1. The highest BCUT2D eigenvalue weighted by atomic mass is 16.5. The van der Waals surface area contributed by atoms with Gasteiger partial charge in [-0.25, -0.2) is 14.6 Å². The van der Waals surface area contributed by atoms with Crippen LogP contribution >= 0.6 is 0 Å². The molecule has 28 heavy (non-hydrogen) atoms. The Kier molecular flexibility index (Phi) is 4.98. The van der Waals surface area contributed by atoms with Gasteiger partial charge in [0.1, 0.15) is 11.6 Å². The van der Waals surface area contributed by atoms with Gasteiger partial charge >= 0.3 is 0 Å². The van der Waals surface area contributed by atoms with Gasteiger partial charge in [0, 0.05) is 31.2 Å². The monoisotopic (exact) mass is 380 g/mol.